The Morgan fingerprint density at radius 2 is 2.00 bits per heavy atom. The van der Waals surface area contributed by atoms with Crippen molar-refractivity contribution in [3.8, 4) is 0 Å². The summed E-state index contributed by atoms with van der Waals surface area (Å²) in [4.78, 5) is 27.5. The highest BCUT2D eigenvalue weighted by atomic mass is 35.5. The molecule has 3 rings (SSSR count). The van der Waals surface area contributed by atoms with Gasteiger partial charge in [0.25, 0.3) is 11.8 Å². The van der Waals surface area contributed by atoms with Gasteiger partial charge in [-0.05, 0) is 18.9 Å². The summed E-state index contributed by atoms with van der Waals surface area (Å²) in [5, 5.41) is 7.21. The zero-order valence-electron chi connectivity index (χ0n) is 12.8. The summed E-state index contributed by atoms with van der Waals surface area (Å²) in [6, 6.07) is 0.596. The van der Waals surface area contributed by atoms with E-state index in [1.807, 2.05) is 0 Å². The molecule has 1 fully saturated rings. The molecule has 0 aliphatic heterocycles. The molecular formula is C14H10ClF4N5O2. The SMILES string of the molecule is O=C(Nc1ncc(C(F)(F)F)cc1Cl)c1cn[nH]c1N(F)C(=O)C1CC1. The molecule has 0 saturated heterocycles. The van der Waals surface area contributed by atoms with E-state index in [2.05, 4.69) is 20.5 Å². The van der Waals surface area contributed by atoms with E-state index in [1.165, 1.54) is 0 Å². The first-order valence-corrected chi connectivity index (χ1v) is 7.63. The van der Waals surface area contributed by atoms with Gasteiger partial charge in [-0.2, -0.15) is 18.3 Å². The standard InChI is InChI=1S/C14H10ClF4N5O2/c15-9-3-7(14(16,17)18)4-20-10(9)22-12(25)8-5-21-23-11(8)24(19)13(26)6-1-2-6/h3-6H,1-2H2,(H,21,23)(H,20,22,25). The van der Waals surface area contributed by atoms with Crippen LogP contribution in [-0.4, -0.2) is 27.0 Å². The molecule has 2 N–H and O–H groups in total. The highest BCUT2D eigenvalue weighted by Crippen LogP contribution is 2.34. The number of H-pyrrole nitrogens is 1. The number of hydrogen-bond donors (Lipinski definition) is 2. The summed E-state index contributed by atoms with van der Waals surface area (Å²) < 4.78 is 51.9. The number of carbonyl (C=O) groups is 2. The zero-order chi connectivity index (χ0) is 19.1. The zero-order valence-corrected chi connectivity index (χ0v) is 13.5. The molecule has 26 heavy (non-hydrogen) atoms. The molecule has 1 aliphatic rings. The molecule has 2 aromatic heterocycles. The van der Waals surface area contributed by atoms with Gasteiger partial charge in [-0.3, -0.25) is 14.7 Å². The summed E-state index contributed by atoms with van der Waals surface area (Å²) in [5.74, 6) is -3.04. The van der Waals surface area contributed by atoms with Gasteiger partial charge in [-0.25, -0.2) is 4.98 Å². The number of nitrogens with one attached hydrogen (secondary N) is 2. The highest BCUT2D eigenvalue weighted by molar-refractivity contribution is 6.33. The van der Waals surface area contributed by atoms with Gasteiger partial charge < -0.3 is 5.32 Å². The smallest absolute Gasteiger partial charge is 0.305 e. The van der Waals surface area contributed by atoms with Crippen LogP contribution in [0.25, 0.3) is 0 Å². The van der Waals surface area contributed by atoms with Crippen molar-refractivity contribution in [2.45, 2.75) is 19.0 Å². The number of carbonyl (C=O) groups excluding carboxylic acids is 2. The Labute approximate surface area is 148 Å². The van der Waals surface area contributed by atoms with Crippen molar-refractivity contribution in [2.75, 3.05) is 10.4 Å². The van der Waals surface area contributed by atoms with Crippen molar-refractivity contribution in [3.05, 3.63) is 34.6 Å². The minimum absolute atomic E-state index is 0.207. The second kappa shape index (κ2) is 6.56. The monoisotopic (exact) mass is 391 g/mol. The summed E-state index contributed by atoms with van der Waals surface area (Å²) in [5.41, 5.74) is -1.42. The molecule has 138 valence electrons. The van der Waals surface area contributed by atoms with Crippen molar-refractivity contribution in [2.24, 2.45) is 5.92 Å². The summed E-state index contributed by atoms with van der Waals surface area (Å²) in [6.07, 6.45) is -2.07. The van der Waals surface area contributed by atoms with Crippen LogP contribution in [0.3, 0.4) is 0 Å². The number of rotatable bonds is 4. The molecule has 12 heteroatoms. The van der Waals surface area contributed by atoms with Gasteiger partial charge in [-0.15, -0.1) is 5.12 Å². The molecule has 0 spiro atoms. The molecule has 1 aliphatic carbocycles. The molecular weight excluding hydrogens is 382 g/mol. The Morgan fingerprint density at radius 1 is 1.31 bits per heavy atom. The van der Waals surface area contributed by atoms with E-state index in [1.54, 1.807) is 0 Å². The minimum atomic E-state index is -4.64. The van der Waals surface area contributed by atoms with Gasteiger partial charge in [0, 0.05) is 12.1 Å². The maximum Gasteiger partial charge on any atom is 0.417 e. The van der Waals surface area contributed by atoms with Gasteiger partial charge in [0.1, 0.15) is 5.56 Å². The van der Waals surface area contributed by atoms with Gasteiger partial charge >= 0.3 is 6.18 Å². The van der Waals surface area contributed by atoms with E-state index in [0.717, 1.165) is 6.20 Å². The van der Waals surface area contributed by atoms with E-state index in [4.69, 9.17) is 11.6 Å². The number of halogens is 5. The lowest BCUT2D eigenvalue weighted by atomic mass is 10.2. The molecule has 7 nitrogen and oxygen atoms in total. The number of aromatic amines is 1. The first kappa shape index (κ1) is 18.1. The molecule has 0 aromatic carbocycles. The number of nitrogens with zero attached hydrogens (tertiary/aromatic N) is 3. The van der Waals surface area contributed by atoms with E-state index in [0.29, 0.717) is 25.1 Å². The topological polar surface area (TPSA) is 91.0 Å². The summed E-state index contributed by atoms with van der Waals surface area (Å²) >= 11 is 5.70. The maximum atomic E-state index is 14.1. The molecule has 2 heterocycles. The van der Waals surface area contributed by atoms with Crippen LogP contribution in [0.5, 0.6) is 0 Å². The van der Waals surface area contributed by atoms with E-state index >= 15 is 0 Å². The number of alkyl halides is 3. The molecule has 1 saturated carbocycles. The molecule has 2 amide bonds. The van der Waals surface area contributed by atoms with Crippen LogP contribution in [0.1, 0.15) is 28.8 Å². The van der Waals surface area contributed by atoms with E-state index < -0.39 is 40.3 Å². The first-order valence-electron chi connectivity index (χ1n) is 7.25. The largest absolute Gasteiger partial charge is 0.417 e. The average Bonchev–Trinajstić information content (AvgIpc) is 3.30. The van der Waals surface area contributed by atoms with Crippen LogP contribution in [0.4, 0.5) is 29.3 Å². The van der Waals surface area contributed by atoms with Crippen LogP contribution in [0, 0.1) is 5.92 Å². The highest BCUT2D eigenvalue weighted by Gasteiger charge is 2.37. The summed E-state index contributed by atoms with van der Waals surface area (Å²) in [6.45, 7) is 0. The normalized spacial score (nSPS) is 14.2. The third-order valence-corrected chi connectivity index (χ3v) is 3.87. The van der Waals surface area contributed by atoms with Gasteiger partial charge in [-0.1, -0.05) is 16.1 Å². The maximum absolute atomic E-state index is 14.1. The van der Waals surface area contributed by atoms with Crippen LogP contribution in [-0.2, 0) is 11.0 Å². The quantitative estimate of drug-likeness (QED) is 0.617. The predicted octanol–water partition coefficient (Wildman–Crippen LogP) is 3.36. The van der Waals surface area contributed by atoms with Crippen molar-refractivity contribution in [3.63, 3.8) is 0 Å². The fourth-order valence-electron chi connectivity index (χ4n) is 2.06. The predicted molar refractivity (Wildman–Crippen MR) is 82.1 cm³/mol. The minimum Gasteiger partial charge on any atom is -0.305 e. The fraction of sp³-hybridized carbons (Fsp3) is 0.286. The van der Waals surface area contributed by atoms with Crippen LogP contribution >= 0.6 is 11.6 Å². The van der Waals surface area contributed by atoms with Crippen molar-refractivity contribution < 1.29 is 27.2 Å². The molecule has 0 atom stereocenters. The Bertz CT molecular complexity index is 865. The third kappa shape index (κ3) is 3.62. The van der Waals surface area contributed by atoms with Crippen molar-refractivity contribution >= 4 is 35.1 Å². The fourth-order valence-corrected chi connectivity index (χ4v) is 2.27. The van der Waals surface area contributed by atoms with E-state index in [-0.39, 0.29) is 16.5 Å². The lowest BCUT2D eigenvalue weighted by molar-refractivity contribution is -0.137. The number of pyridine rings is 1. The molecule has 0 radical (unpaired) electrons. The van der Waals surface area contributed by atoms with Crippen LogP contribution < -0.4 is 10.4 Å². The Morgan fingerprint density at radius 3 is 2.58 bits per heavy atom. The third-order valence-electron chi connectivity index (χ3n) is 3.58. The second-order valence-electron chi connectivity index (χ2n) is 5.53. The van der Waals surface area contributed by atoms with Crippen LogP contribution in [0.15, 0.2) is 18.5 Å². The Hall–Kier alpha value is -2.69. The number of amides is 2. The molecule has 0 bridgehead atoms. The van der Waals surface area contributed by atoms with Crippen molar-refractivity contribution in [1.82, 2.24) is 15.2 Å². The van der Waals surface area contributed by atoms with E-state index in [9.17, 15) is 27.2 Å². The first-order chi connectivity index (χ1) is 12.2. The number of anilines is 2. The van der Waals surface area contributed by atoms with Gasteiger partial charge in [0.15, 0.2) is 11.6 Å². The average molecular weight is 392 g/mol. The Kier molecular flexibility index (Phi) is 4.57. The van der Waals surface area contributed by atoms with Crippen molar-refractivity contribution in [1.29, 1.82) is 0 Å². The number of hydrogen-bond acceptors (Lipinski definition) is 4. The lowest BCUT2D eigenvalue weighted by Gasteiger charge is -2.12. The van der Waals surface area contributed by atoms with Crippen LogP contribution in [0.2, 0.25) is 5.02 Å². The second-order valence-corrected chi connectivity index (χ2v) is 5.94. The van der Waals surface area contributed by atoms with Gasteiger partial charge in [0.2, 0.25) is 0 Å². The molecule has 2 aromatic rings. The summed E-state index contributed by atoms with van der Waals surface area (Å²) in [7, 11) is 0. The molecule has 0 unspecified atom stereocenters. The number of aromatic nitrogens is 3. The Balaban J connectivity index is 1.79. The van der Waals surface area contributed by atoms with Gasteiger partial charge in [0.05, 0.1) is 16.8 Å². The lowest BCUT2D eigenvalue weighted by Crippen LogP contribution is -2.26.